The molecular formula is C19H11ClF3N9O2. The molecule has 0 spiro atoms. The largest absolute Gasteiger partial charge is 0.495 e. The van der Waals surface area contributed by atoms with E-state index in [2.05, 4.69) is 30.6 Å². The smallest absolute Gasteiger partial charge is 0.434 e. The Morgan fingerprint density at radius 1 is 1.15 bits per heavy atom. The Bertz CT molecular complexity index is 1410. The number of rotatable bonds is 5. The number of nitriles is 1. The number of alkyl halides is 3. The van der Waals surface area contributed by atoms with E-state index in [1.165, 1.54) is 37.8 Å². The van der Waals surface area contributed by atoms with Gasteiger partial charge in [0.25, 0.3) is 5.91 Å². The van der Waals surface area contributed by atoms with Crippen molar-refractivity contribution in [2.45, 2.75) is 6.18 Å². The van der Waals surface area contributed by atoms with Crippen LogP contribution in [0.25, 0.3) is 11.6 Å². The second-order valence-electron chi connectivity index (χ2n) is 6.45. The van der Waals surface area contributed by atoms with Gasteiger partial charge < -0.3 is 10.1 Å². The maximum absolute atomic E-state index is 14.0. The Labute approximate surface area is 193 Å². The number of nitrogens with zero attached hydrogens (tertiary/aromatic N) is 8. The van der Waals surface area contributed by atoms with E-state index in [0.717, 1.165) is 17.2 Å². The molecule has 34 heavy (non-hydrogen) atoms. The second-order valence-corrected chi connectivity index (χ2v) is 6.82. The molecule has 0 aliphatic carbocycles. The first kappa shape index (κ1) is 22.7. The zero-order valence-electron chi connectivity index (χ0n) is 16.9. The van der Waals surface area contributed by atoms with Crippen LogP contribution in [0.2, 0.25) is 5.02 Å². The molecule has 1 amide bonds. The molecule has 0 unspecified atom stereocenters. The fourth-order valence-electron chi connectivity index (χ4n) is 2.96. The van der Waals surface area contributed by atoms with Crippen LogP contribution in [-0.2, 0) is 6.18 Å². The summed E-state index contributed by atoms with van der Waals surface area (Å²) in [5.41, 5.74) is -2.26. The fourth-order valence-corrected chi connectivity index (χ4v) is 3.23. The number of halogens is 4. The number of carbonyl (C=O) groups is 1. The van der Waals surface area contributed by atoms with Crippen LogP contribution < -0.4 is 10.1 Å². The molecule has 0 radical (unpaired) electrons. The standard InChI is InChI=1S/C19H11ClF3N9O2/c1-34-13-2-3-25-17(14(13)20)31-15(19(21,22)23)12(9-29-31)18(33)30-11-6-10(7-24)16(26-8-11)32-27-4-5-28-32/h2-6,8-9H,1H3,(H,30,33). The Morgan fingerprint density at radius 2 is 1.88 bits per heavy atom. The maximum atomic E-state index is 14.0. The number of hydrogen-bond acceptors (Lipinski definition) is 8. The van der Waals surface area contributed by atoms with Gasteiger partial charge >= 0.3 is 6.18 Å². The van der Waals surface area contributed by atoms with E-state index >= 15 is 0 Å². The van der Waals surface area contributed by atoms with Crippen LogP contribution in [0.4, 0.5) is 18.9 Å². The fraction of sp³-hybridized carbons (Fsp3) is 0.105. The number of aromatic nitrogens is 7. The monoisotopic (exact) mass is 489 g/mol. The number of anilines is 1. The van der Waals surface area contributed by atoms with Crippen molar-refractivity contribution in [1.29, 1.82) is 5.26 Å². The van der Waals surface area contributed by atoms with Crippen molar-refractivity contribution in [3.8, 4) is 23.5 Å². The van der Waals surface area contributed by atoms with E-state index < -0.39 is 23.3 Å². The van der Waals surface area contributed by atoms with Crippen molar-refractivity contribution < 1.29 is 22.7 Å². The number of pyridine rings is 2. The third-order valence-electron chi connectivity index (χ3n) is 4.39. The molecule has 0 saturated carbocycles. The zero-order chi connectivity index (χ0) is 24.5. The normalized spacial score (nSPS) is 11.2. The molecule has 0 saturated heterocycles. The molecule has 4 rings (SSSR count). The molecule has 0 aromatic carbocycles. The molecule has 4 aromatic heterocycles. The highest BCUT2D eigenvalue weighted by Gasteiger charge is 2.41. The van der Waals surface area contributed by atoms with E-state index in [9.17, 15) is 23.2 Å². The maximum Gasteiger partial charge on any atom is 0.434 e. The van der Waals surface area contributed by atoms with Gasteiger partial charge in [0.15, 0.2) is 17.3 Å². The van der Waals surface area contributed by atoms with Crippen LogP contribution in [0.15, 0.2) is 43.1 Å². The summed E-state index contributed by atoms with van der Waals surface area (Å²) in [6, 6.07) is 4.45. The summed E-state index contributed by atoms with van der Waals surface area (Å²) in [4.78, 5) is 21.7. The van der Waals surface area contributed by atoms with Gasteiger partial charge in [-0.2, -0.15) is 33.7 Å². The molecule has 0 aliphatic heterocycles. The van der Waals surface area contributed by atoms with E-state index in [4.69, 9.17) is 16.3 Å². The molecule has 0 atom stereocenters. The molecule has 1 N–H and O–H groups in total. The van der Waals surface area contributed by atoms with Crippen LogP contribution in [0, 0.1) is 11.3 Å². The van der Waals surface area contributed by atoms with Crippen molar-refractivity contribution in [3.63, 3.8) is 0 Å². The number of methoxy groups -OCH3 is 1. The minimum Gasteiger partial charge on any atom is -0.495 e. The highest BCUT2D eigenvalue weighted by Crippen LogP contribution is 2.36. The van der Waals surface area contributed by atoms with Gasteiger partial charge in [-0.15, -0.1) is 4.80 Å². The average molecular weight is 490 g/mol. The van der Waals surface area contributed by atoms with Gasteiger partial charge in [-0.25, -0.2) is 14.6 Å². The molecule has 0 bridgehead atoms. The first-order valence-corrected chi connectivity index (χ1v) is 9.54. The number of amides is 1. The van der Waals surface area contributed by atoms with Crippen LogP contribution in [-0.4, -0.2) is 47.8 Å². The zero-order valence-corrected chi connectivity index (χ0v) is 17.7. The quantitative estimate of drug-likeness (QED) is 0.451. The summed E-state index contributed by atoms with van der Waals surface area (Å²) < 4.78 is 47.3. The van der Waals surface area contributed by atoms with Crippen LogP contribution >= 0.6 is 11.6 Å². The average Bonchev–Trinajstić information content (AvgIpc) is 3.49. The number of hydrogen-bond donors (Lipinski definition) is 1. The molecule has 172 valence electrons. The summed E-state index contributed by atoms with van der Waals surface area (Å²) >= 11 is 6.11. The Kier molecular flexibility index (Phi) is 5.86. The third-order valence-corrected chi connectivity index (χ3v) is 4.75. The molecular weight excluding hydrogens is 479 g/mol. The van der Waals surface area contributed by atoms with Gasteiger partial charge in [-0.1, -0.05) is 11.6 Å². The molecule has 15 heteroatoms. The Hall–Kier alpha value is -4.51. The van der Waals surface area contributed by atoms with Gasteiger partial charge in [-0.3, -0.25) is 4.79 Å². The summed E-state index contributed by atoms with van der Waals surface area (Å²) in [7, 11) is 1.29. The lowest BCUT2D eigenvalue weighted by atomic mass is 10.2. The number of carbonyl (C=O) groups excluding carboxylic acids is 1. The van der Waals surface area contributed by atoms with Gasteiger partial charge in [0, 0.05) is 12.3 Å². The van der Waals surface area contributed by atoms with Gasteiger partial charge in [0.2, 0.25) is 0 Å². The van der Waals surface area contributed by atoms with Gasteiger partial charge in [0.1, 0.15) is 22.4 Å². The summed E-state index contributed by atoms with van der Waals surface area (Å²) in [5, 5.41) is 22.8. The van der Waals surface area contributed by atoms with Crippen molar-refractivity contribution >= 4 is 23.2 Å². The van der Waals surface area contributed by atoms with Crippen LogP contribution in [0.3, 0.4) is 0 Å². The predicted molar refractivity (Wildman–Crippen MR) is 110 cm³/mol. The van der Waals surface area contributed by atoms with Crippen molar-refractivity contribution in [1.82, 2.24) is 34.7 Å². The first-order chi connectivity index (χ1) is 16.2. The lowest BCUT2D eigenvalue weighted by molar-refractivity contribution is -0.143. The topological polar surface area (TPSA) is 136 Å². The molecule has 4 aromatic rings. The predicted octanol–water partition coefficient (Wildman–Crippen LogP) is 3.05. The summed E-state index contributed by atoms with van der Waals surface area (Å²) in [6.07, 6.45) is 0.818. The number of ether oxygens (including phenoxy) is 1. The van der Waals surface area contributed by atoms with E-state index in [0.29, 0.717) is 4.68 Å². The van der Waals surface area contributed by atoms with Crippen molar-refractivity contribution in [2.75, 3.05) is 12.4 Å². The molecule has 0 fully saturated rings. The second kappa shape index (κ2) is 8.79. The Morgan fingerprint density at radius 3 is 2.53 bits per heavy atom. The van der Waals surface area contributed by atoms with E-state index in [1.54, 1.807) is 0 Å². The Balaban J connectivity index is 1.72. The minimum absolute atomic E-state index is 0.0203. The summed E-state index contributed by atoms with van der Waals surface area (Å²) in [5.74, 6) is -1.37. The minimum atomic E-state index is -5.00. The van der Waals surface area contributed by atoms with Crippen LogP contribution in [0.1, 0.15) is 21.6 Å². The lowest BCUT2D eigenvalue weighted by Crippen LogP contribution is -2.21. The molecule has 4 heterocycles. The number of nitrogens with one attached hydrogen (secondary N) is 1. The van der Waals surface area contributed by atoms with E-state index in [1.807, 2.05) is 6.07 Å². The van der Waals surface area contributed by atoms with E-state index in [-0.39, 0.29) is 33.7 Å². The molecule has 0 aliphatic rings. The lowest BCUT2D eigenvalue weighted by Gasteiger charge is -2.14. The van der Waals surface area contributed by atoms with Gasteiger partial charge in [-0.05, 0) is 6.07 Å². The van der Waals surface area contributed by atoms with Gasteiger partial charge in [0.05, 0.1) is 43.1 Å². The highest BCUT2D eigenvalue weighted by molar-refractivity contribution is 6.33. The molecule has 11 nitrogen and oxygen atoms in total. The SMILES string of the molecule is COc1ccnc(-n2ncc(C(=O)Nc3cnc(-n4nccn4)c(C#N)c3)c2C(F)(F)F)c1Cl. The van der Waals surface area contributed by atoms with Crippen LogP contribution in [0.5, 0.6) is 5.75 Å². The summed E-state index contributed by atoms with van der Waals surface area (Å²) in [6.45, 7) is 0. The third kappa shape index (κ3) is 4.11. The first-order valence-electron chi connectivity index (χ1n) is 9.17. The van der Waals surface area contributed by atoms with Crippen molar-refractivity contribution in [3.05, 3.63) is 65.0 Å². The van der Waals surface area contributed by atoms with Crippen molar-refractivity contribution in [2.24, 2.45) is 0 Å². The highest BCUT2D eigenvalue weighted by atomic mass is 35.5.